The summed E-state index contributed by atoms with van der Waals surface area (Å²) < 4.78 is 60.8. The second-order valence-corrected chi connectivity index (χ2v) is 18.4. The molecule has 6 fully saturated rings. The normalized spacial score (nSPS) is 46.4. The van der Waals surface area contributed by atoms with Crippen molar-refractivity contribution in [1.29, 1.82) is 0 Å². The van der Waals surface area contributed by atoms with Gasteiger partial charge in [-0.05, 0) is 99.7 Å². The number of aliphatic hydroxyl groups excluding tert-OH is 2. The van der Waals surface area contributed by atoms with Gasteiger partial charge in [0.05, 0.1) is 63.1 Å². The Morgan fingerprint density at radius 2 is 1.49 bits per heavy atom. The van der Waals surface area contributed by atoms with E-state index in [2.05, 4.69) is 20.8 Å². The Hall–Kier alpha value is -0.950. The van der Waals surface area contributed by atoms with Crippen LogP contribution in [0.4, 0.5) is 8.78 Å². The van der Waals surface area contributed by atoms with Crippen LogP contribution in [0.3, 0.4) is 0 Å². The highest BCUT2D eigenvalue weighted by Crippen LogP contribution is 2.90. The summed E-state index contributed by atoms with van der Waals surface area (Å²) >= 11 is 0. The lowest BCUT2D eigenvalue weighted by Gasteiger charge is -2.65. The van der Waals surface area contributed by atoms with E-state index in [9.17, 15) is 15.0 Å². The maximum atomic E-state index is 15.8. The zero-order valence-electron chi connectivity index (χ0n) is 30.8. The summed E-state index contributed by atoms with van der Waals surface area (Å²) in [4.78, 5) is 13.3. The molecule has 2 spiro atoms. The average Bonchev–Trinajstić information content (AvgIpc) is 3.37. The van der Waals surface area contributed by atoms with Gasteiger partial charge in [0, 0.05) is 23.7 Å². The summed E-state index contributed by atoms with van der Waals surface area (Å²) in [7, 11) is 0. The number of ether oxygens (including phenoxy) is 5. The van der Waals surface area contributed by atoms with Crippen LogP contribution in [-0.4, -0.2) is 103 Å². The molecule has 1 saturated heterocycles. The van der Waals surface area contributed by atoms with E-state index in [0.717, 1.165) is 32.1 Å². The van der Waals surface area contributed by atoms with Crippen LogP contribution in [0.15, 0.2) is 0 Å². The predicted octanol–water partition coefficient (Wildman–Crippen LogP) is 5.30. The van der Waals surface area contributed by atoms with Gasteiger partial charge < -0.3 is 39.0 Å². The van der Waals surface area contributed by atoms with Gasteiger partial charge in [-0.3, -0.25) is 0 Å². The molecule has 9 nitrogen and oxygen atoms in total. The molecule has 0 radical (unpaired) electrons. The molecule has 6 rings (SSSR count). The van der Waals surface area contributed by atoms with Crippen LogP contribution in [0.5, 0.6) is 0 Å². The first-order valence-electron chi connectivity index (χ1n) is 18.7. The Labute approximate surface area is 291 Å². The second-order valence-electron chi connectivity index (χ2n) is 18.4. The van der Waals surface area contributed by atoms with Crippen LogP contribution in [0.2, 0.25) is 0 Å². The molecule has 49 heavy (non-hydrogen) atoms. The largest absolute Gasteiger partial charge is 0.460 e. The first-order chi connectivity index (χ1) is 22.7. The van der Waals surface area contributed by atoms with Crippen LogP contribution < -0.4 is 0 Å². The Morgan fingerprint density at radius 3 is 2.12 bits per heavy atom. The zero-order valence-corrected chi connectivity index (χ0v) is 30.8. The molecule has 11 heteroatoms. The van der Waals surface area contributed by atoms with E-state index in [1.165, 1.54) is 0 Å². The molecule has 6 aliphatic rings. The van der Waals surface area contributed by atoms with Gasteiger partial charge in [-0.25, -0.2) is 13.6 Å². The molecule has 282 valence electrons. The highest BCUT2D eigenvalue weighted by Gasteiger charge is 2.86. The summed E-state index contributed by atoms with van der Waals surface area (Å²) in [5.41, 5.74) is -4.03. The SMILES string of the molecule is CC(C)(O)C1CC[C@@](C)([C@H]2[C@@H](O)C[C@@]3(C)[C@@H]4C[C@H](OC(=O)COCCOCCOCCO)C5C(C)(C)C(F)(F)CC[C@@]56C[C@@]46CC[C@]23C)O1. The van der Waals surface area contributed by atoms with Crippen LogP contribution in [0.25, 0.3) is 0 Å². The van der Waals surface area contributed by atoms with E-state index in [-0.39, 0.29) is 79.1 Å². The van der Waals surface area contributed by atoms with E-state index in [4.69, 9.17) is 28.8 Å². The maximum absolute atomic E-state index is 15.8. The summed E-state index contributed by atoms with van der Waals surface area (Å²) in [6.07, 6.45) is 3.85. The van der Waals surface area contributed by atoms with Gasteiger partial charge in [-0.2, -0.15) is 0 Å². The highest BCUT2D eigenvalue weighted by atomic mass is 19.3. The molecule has 0 aromatic carbocycles. The molecule has 0 bridgehead atoms. The third kappa shape index (κ3) is 5.73. The number of alkyl halides is 2. The average molecular weight is 701 g/mol. The fraction of sp³-hybridized carbons (Fsp3) is 0.974. The van der Waals surface area contributed by atoms with Crippen LogP contribution in [-0.2, 0) is 28.5 Å². The Kier molecular flexibility index (Phi) is 9.71. The van der Waals surface area contributed by atoms with E-state index in [1.54, 1.807) is 27.7 Å². The second kappa shape index (κ2) is 12.6. The van der Waals surface area contributed by atoms with Gasteiger partial charge in [-0.1, -0.05) is 27.7 Å². The maximum Gasteiger partial charge on any atom is 0.332 e. The molecular formula is C38H62F2O9. The minimum Gasteiger partial charge on any atom is -0.460 e. The lowest BCUT2D eigenvalue weighted by atomic mass is 9.41. The third-order valence-corrected chi connectivity index (χ3v) is 15.3. The van der Waals surface area contributed by atoms with Crippen molar-refractivity contribution in [1.82, 2.24) is 0 Å². The Morgan fingerprint density at radius 1 is 0.857 bits per heavy atom. The van der Waals surface area contributed by atoms with Crippen molar-refractivity contribution in [2.24, 2.45) is 44.8 Å². The number of hydrogen-bond donors (Lipinski definition) is 3. The summed E-state index contributed by atoms with van der Waals surface area (Å²) in [6, 6.07) is 0. The summed E-state index contributed by atoms with van der Waals surface area (Å²) in [5.74, 6) is -3.97. The molecule has 3 N–H and O–H groups in total. The quantitative estimate of drug-likeness (QED) is 0.173. The molecule has 11 atom stereocenters. The standard InChI is InChI=1S/C38H62F2O9/c1-31(2)30-25(48-28(43)22-47-19-18-46-17-16-45-15-14-41)20-26-34(6)21-24(42)29(35(7)9-8-27(49-35)32(3,4)44)33(34,5)10-11-36(26)23-37(30,36)12-13-38(31,39)40/h24-27,29-30,41-42,44H,8-23H2,1-7H3/t24-,25-,26-,27?,29-,30?,33+,34-,35-,36-,37+/m0/s1. The molecule has 2 unspecified atom stereocenters. The van der Waals surface area contributed by atoms with Crippen molar-refractivity contribution in [3.05, 3.63) is 0 Å². The fourth-order valence-corrected chi connectivity index (χ4v) is 13.0. The first kappa shape index (κ1) is 37.8. The first-order valence-corrected chi connectivity index (χ1v) is 18.7. The number of hydrogen-bond acceptors (Lipinski definition) is 9. The minimum absolute atomic E-state index is 0.0510. The third-order valence-electron chi connectivity index (χ3n) is 15.3. The fourth-order valence-electron chi connectivity index (χ4n) is 13.0. The topological polar surface area (TPSA) is 124 Å². The van der Waals surface area contributed by atoms with E-state index in [0.29, 0.717) is 32.5 Å². The lowest BCUT2D eigenvalue weighted by Crippen LogP contribution is -2.64. The van der Waals surface area contributed by atoms with Crippen LogP contribution >= 0.6 is 0 Å². The lowest BCUT2D eigenvalue weighted by molar-refractivity contribution is -0.252. The number of fused-ring (bicyclic) bond motifs is 2. The van der Waals surface area contributed by atoms with Crippen molar-refractivity contribution in [3.8, 4) is 0 Å². The Bertz CT molecular complexity index is 1240. The number of carbonyl (C=O) groups is 1. The van der Waals surface area contributed by atoms with Crippen LogP contribution in [0.1, 0.15) is 106 Å². The molecule has 0 aromatic heterocycles. The zero-order chi connectivity index (χ0) is 35.9. The number of carbonyl (C=O) groups excluding carboxylic acids is 1. The number of halogens is 2. The summed E-state index contributed by atoms with van der Waals surface area (Å²) in [6.45, 7) is 14.6. The predicted molar refractivity (Wildman–Crippen MR) is 177 cm³/mol. The monoisotopic (exact) mass is 700 g/mol. The molecule has 5 aliphatic carbocycles. The molecule has 1 aliphatic heterocycles. The minimum atomic E-state index is -2.88. The molecule has 5 saturated carbocycles. The highest BCUT2D eigenvalue weighted by molar-refractivity contribution is 5.71. The van der Waals surface area contributed by atoms with Gasteiger partial charge in [0.2, 0.25) is 0 Å². The van der Waals surface area contributed by atoms with Gasteiger partial charge in [0.1, 0.15) is 12.7 Å². The van der Waals surface area contributed by atoms with E-state index < -0.39 is 46.6 Å². The van der Waals surface area contributed by atoms with E-state index >= 15 is 8.78 Å². The van der Waals surface area contributed by atoms with E-state index in [1.807, 2.05) is 0 Å². The number of esters is 1. The number of aliphatic hydroxyl groups is 3. The van der Waals surface area contributed by atoms with Crippen molar-refractivity contribution >= 4 is 5.97 Å². The van der Waals surface area contributed by atoms with Gasteiger partial charge in [0.25, 0.3) is 5.92 Å². The van der Waals surface area contributed by atoms with Gasteiger partial charge >= 0.3 is 5.97 Å². The molecule has 1 heterocycles. The van der Waals surface area contributed by atoms with Gasteiger partial charge in [-0.15, -0.1) is 0 Å². The van der Waals surface area contributed by atoms with Crippen LogP contribution in [0, 0.1) is 44.8 Å². The van der Waals surface area contributed by atoms with Crippen molar-refractivity contribution in [3.63, 3.8) is 0 Å². The van der Waals surface area contributed by atoms with Crippen molar-refractivity contribution < 1.29 is 52.6 Å². The molecule has 0 aromatic rings. The van der Waals surface area contributed by atoms with Crippen molar-refractivity contribution in [2.45, 2.75) is 142 Å². The smallest absolute Gasteiger partial charge is 0.332 e. The molecule has 0 amide bonds. The van der Waals surface area contributed by atoms with Crippen molar-refractivity contribution in [2.75, 3.05) is 46.2 Å². The van der Waals surface area contributed by atoms with Gasteiger partial charge in [0.15, 0.2) is 0 Å². The Balaban J connectivity index is 1.23. The number of rotatable bonds is 13. The summed E-state index contributed by atoms with van der Waals surface area (Å²) in [5, 5.41) is 31.6. The molecular weight excluding hydrogens is 638 g/mol.